The third kappa shape index (κ3) is 5.46. The van der Waals surface area contributed by atoms with E-state index in [1.165, 1.54) is 0 Å². The SMILES string of the molecule is COc1cccc([C@@H](CC(=O)NCCC[NH+]2CCOCC2)c2c[nH]c3ccccc23)c1. The lowest BCUT2D eigenvalue weighted by Crippen LogP contribution is -3.14. The molecule has 1 aromatic heterocycles. The fourth-order valence-corrected chi connectivity index (χ4v) is 4.38. The lowest BCUT2D eigenvalue weighted by atomic mass is 9.88. The van der Waals surface area contributed by atoms with Gasteiger partial charge in [-0.2, -0.15) is 0 Å². The van der Waals surface area contributed by atoms with Crippen LogP contribution in [0.1, 0.15) is 29.9 Å². The van der Waals surface area contributed by atoms with Gasteiger partial charge in [-0.25, -0.2) is 0 Å². The Morgan fingerprint density at radius 2 is 2.03 bits per heavy atom. The largest absolute Gasteiger partial charge is 0.497 e. The zero-order chi connectivity index (χ0) is 21.5. The predicted molar refractivity (Wildman–Crippen MR) is 122 cm³/mol. The van der Waals surface area contributed by atoms with Gasteiger partial charge in [-0.1, -0.05) is 30.3 Å². The van der Waals surface area contributed by atoms with Crippen molar-refractivity contribution in [1.29, 1.82) is 0 Å². The van der Waals surface area contributed by atoms with Crippen LogP contribution in [0, 0.1) is 0 Å². The van der Waals surface area contributed by atoms with Crippen molar-refractivity contribution in [2.24, 2.45) is 0 Å². The third-order valence-electron chi connectivity index (χ3n) is 6.11. The first-order valence-electron chi connectivity index (χ1n) is 11.1. The number of hydrogen-bond donors (Lipinski definition) is 3. The van der Waals surface area contributed by atoms with E-state index in [0.717, 1.165) is 67.0 Å². The average molecular weight is 423 g/mol. The number of para-hydroxylation sites is 1. The maximum atomic E-state index is 12.9. The number of fused-ring (bicyclic) bond motifs is 1. The van der Waals surface area contributed by atoms with Crippen molar-refractivity contribution in [3.05, 3.63) is 65.9 Å². The maximum absolute atomic E-state index is 12.9. The van der Waals surface area contributed by atoms with Crippen LogP contribution in [0.3, 0.4) is 0 Å². The fourth-order valence-electron chi connectivity index (χ4n) is 4.38. The number of benzene rings is 2. The van der Waals surface area contributed by atoms with Gasteiger partial charge >= 0.3 is 0 Å². The number of quaternary nitrogens is 1. The fraction of sp³-hybridized carbons (Fsp3) is 0.400. The molecule has 0 spiro atoms. The van der Waals surface area contributed by atoms with E-state index in [2.05, 4.69) is 28.5 Å². The van der Waals surface area contributed by atoms with Crippen LogP contribution in [0.4, 0.5) is 0 Å². The van der Waals surface area contributed by atoms with Crippen LogP contribution in [0.2, 0.25) is 0 Å². The van der Waals surface area contributed by atoms with Crippen molar-refractivity contribution in [2.45, 2.75) is 18.8 Å². The van der Waals surface area contributed by atoms with Crippen molar-refractivity contribution >= 4 is 16.8 Å². The predicted octanol–water partition coefficient (Wildman–Crippen LogP) is 2.12. The number of carbonyl (C=O) groups excluding carboxylic acids is 1. The van der Waals surface area contributed by atoms with Crippen LogP contribution >= 0.6 is 0 Å². The second-order valence-electron chi connectivity index (χ2n) is 8.14. The number of aromatic nitrogens is 1. The van der Waals surface area contributed by atoms with Crippen LogP contribution in [-0.2, 0) is 9.53 Å². The summed E-state index contributed by atoms with van der Waals surface area (Å²) in [6, 6.07) is 16.3. The Balaban J connectivity index is 1.45. The van der Waals surface area contributed by atoms with Crippen molar-refractivity contribution in [2.75, 3.05) is 46.5 Å². The van der Waals surface area contributed by atoms with Crippen molar-refractivity contribution in [3.63, 3.8) is 0 Å². The molecule has 2 aromatic carbocycles. The van der Waals surface area contributed by atoms with Gasteiger partial charge in [-0.15, -0.1) is 0 Å². The van der Waals surface area contributed by atoms with E-state index in [1.807, 2.05) is 36.5 Å². The Bertz CT molecular complexity index is 994. The van der Waals surface area contributed by atoms with Crippen molar-refractivity contribution in [1.82, 2.24) is 10.3 Å². The minimum absolute atomic E-state index is 0.0453. The molecular formula is C25H32N3O3+. The lowest BCUT2D eigenvalue weighted by molar-refractivity contribution is -0.908. The Morgan fingerprint density at radius 3 is 2.87 bits per heavy atom. The highest BCUT2D eigenvalue weighted by molar-refractivity contribution is 5.86. The first kappa shape index (κ1) is 21.4. The minimum Gasteiger partial charge on any atom is -0.497 e. The number of amides is 1. The van der Waals surface area contributed by atoms with Gasteiger partial charge in [-0.3, -0.25) is 4.79 Å². The highest BCUT2D eigenvalue weighted by Gasteiger charge is 2.22. The summed E-state index contributed by atoms with van der Waals surface area (Å²) in [6.07, 6.45) is 3.42. The summed E-state index contributed by atoms with van der Waals surface area (Å²) in [6.45, 7) is 5.59. The van der Waals surface area contributed by atoms with Crippen LogP contribution in [-0.4, -0.2) is 57.4 Å². The molecule has 3 N–H and O–H groups in total. The van der Waals surface area contributed by atoms with Crippen LogP contribution in [0.15, 0.2) is 54.7 Å². The Hall–Kier alpha value is -2.83. The molecule has 1 aliphatic rings. The topological polar surface area (TPSA) is 67.8 Å². The number of rotatable bonds is 9. The van der Waals surface area contributed by atoms with Gasteiger partial charge in [0.15, 0.2) is 0 Å². The number of H-pyrrole nitrogens is 1. The molecule has 31 heavy (non-hydrogen) atoms. The third-order valence-corrected chi connectivity index (χ3v) is 6.11. The van der Waals surface area contributed by atoms with E-state index >= 15 is 0 Å². The summed E-state index contributed by atoms with van der Waals surface area (Å²) < 4.78 is 10.8. The molecule has 1 fully saturated rings. The number of ether oxygens (including phenoxy) is 2. The van der Waals surface area contributed by atoms with Gasteiger partial charge < -0.3 is 24.7 Å². The number of methoxy groups -OCH3 is 1. The highest BCUT2D eigenvalue weighted by atomic mass is 16.5. The van der Waals surface area contributed by atoms with Gasteiger partial charge in [0.25, 0.3) is 0 Å². The van der Waals surface area contributed by atoms with Crippen LogP contribution in [0.5, 0.6) is 5.75 Å². The molecule has 0 bridgehead atoms. The normalized spacial score (nSPS) is 15.6. The zero-order valence-corrected chi connectivity index (χ0v) is 18.2. The second-order valence-corrected chi connectivity index (χ2v) is 8.14. The average Bonchev–Trinajstić information content (AvgIpc) is 3.25. The van der Waals surface area contributed by atoms with E-state index < -0.39 is 0 Å². The number of hydrogen-bond acceptors (Lipinski definition) is 3. The highest BCUT2D eigenvalue weighted by Crippen LogP contribution is 2.34. The number of nitrogens with one attached hydrogen (secondary N) is 3. The number of carbonyl (C=O) groups is 1. The Labute approximate surface area is 183 Å². The quantitative estimate of drug-likeness (QED) is 0.463. The summed E-state index contributed by atoms with van der Waals surface area (Å²) in [5, 5.41) is 4.29. The molecule has 1 amide bonds. The van der Waals surface area contributed by atoms with Crippen molar-refractivity contribution in [3.8, 4) is 5.75 Å². The molecule has 164 valence electrons. The molecular weight excluding hydrogens is 390 g/mol. The molecule has 0 saturated carbocycles. The van der Waals surface area contributed by atoms with Crippen LogP contribution < -0.4 is 15.0 Å². The Morgan fingerprint density at radius 1 is 1.19 bits per heavy atom. The van der Waals surface area contributed by atoms with Gasteiger partial charge in [0.1, 0.15) is 18.8 Å². The zero-order valence-electron chi connectivity index (χ0n) is 18.2. The van der Waals surface area contributed by atoms with E-state index in [1.54, 1.807) is 12.0 Å². The summed E-state index contributed by atoms with van der Waals surface area (Å²) in [4.78, 5) is 17.8. The first-order valence-corrected chi connectivity index (χ1v) is 11.1. The molecule has 0 aliphatic carbocycles. The van der Waals surface area contributed by atoms with Gasteiger partial charge in [0.2, 0.25) is 5.91 Å². The smallest absolute Gasteiger partial charge is 0.220 e. The Kier molecular flexibility index (Phi) is 7.22. The van der Waals surface area contributed by atoms with E-state index in [4.69, 9.17) is 9.47 Å². The van der Waals surface area contributed by atoms with Crippen molar-refractivity contribution < 1.29 is 19.2 Å². The monoisotopic (exact) mass is 422 g/mol. The van der Waals surface area contributed by atoms with E-state index in [-0.39, 0.29) is 11.8 Å². The molecule has 3 aromatic rings. The molecule has 1 atom stereocenters. The van der Waals surface area contributed by atoms with Gasteiger partial charge in [0.05, 0.1) is 26.9 Å². The molecule has 0 unspecified atom stereocenters. The van der Waals surface area contributed by atoms with Crippen LogP contribution in [0.25, 0.3) is 10.9 Å². The summed E-state index contributed by atoms with van der Waals surface area (Å²) in [5.41, 5.74) is 3.30. The molecule has 1 saturated heterocycles. The molecule has 6 nitrogen and oxygen atoms in total. The standard InChI is InChI=1S/C25H31N3O3/c1-30-20-7-4-6-19(16-20)22(23-18-27-24-9-3-2-8-21(23)24)17-25(29)26-10-5-11-28-12-14-31-15-13-28/h2-4,6-9,16,18,22,27H,5,10-15,17H2,1H3,(H,26,29)/p+1/t22-/m1/s1. The number of aromatic amines is 1. The van der Waals surface area contributed by atoms with Gasteiger partial charge in [-0.05, 0) is 29.3 Å². The molecule has 6 heteroatoms. The molecule has 2 heterocycles. The first-order chi connectivity index (χ1) is 15.2. The minimum atomic E-state index is -0.0453. The lowest BCUT2D eigenvalue weighted by Gasteiger charge is -2.23. The second kappa shape index (κ2) is 10.5. The van der Waals surface area contributed by atoms with E-state index in [0.29, 0.717) is 13.0 Å². The summed E-state index contributed by atoms with van der Waals surface area (Å²) >= 11 is 0. The van der Waals surface area contributed by atoms with Gasteiger partial charge in [0, 0.05) is 42.4 Å². The number of morpholine rings is 1. The maximum Gasteiger partial charge on any atom is 0.220 e. The molecule has 4 rings (SSSR count). The molecule has 1 aliphatic heterocycles. The summed E-state index contributed by atoms with van der Waals surface area (Å²) in [5.74, 6) is 0.836. The van der Waals surface area contributed by atoms with E-state index in [9.17, 15) is 4.79 Å². The summed E-state index contributed by atoms with van der Waals surface area (Å²) in [7, 11) is 1.67. The molecule has 0 radical (unpaired) electrons.